The summed E-state index contributed by atoms with van der Waals surface area (Å²) >= 11 is 0. The number of aliphatic hydroxyl groups excluding tert-OH is 1. The van der Waals surface area contributed by atoms with Crippen molar-refractivity contribution in [3.05, 3.63) is 67.4 Å². The van der Waals surface area contributed by atoms with E-state index in [4.69, 9.17) is 32.5 Å². The molecule has 0 saturated carbocycles. The van der Waals surface area contributed by atoms with Crippen molar-refractivity contribution in [1.29, 1.82) is 0 Å². The number of esters is 4. The van der Waals surface area contributed by atoms with E-state index in [1.54, 1.807) is 0 Å². The Morgan fingerprint density at radius 3 is 1.03 bits per heavy atom. The van der Waals surface area contributed by atoms with Crippen LogP contribution < -0.4 is 11.3 Å². The summed E-state index contributed by atoms with van der Waals surface area (Å²) in [5.74, 6) is -31.1. The van der Waals surface area contributed by atoms with Crippen LogP contribution in [0.4, 0.5) is 0 Å². The van der Waals surface area contributed by atoms with Crippen molar-refractivity contribution in [2.45, 2.75) is 30.7 Å². The Labute approximate surface area is 424 Å². The van der Waals surface area contributed by atoms with Gasteiger partial charge >= 0.3 is 35.1 Å². The maximum atomic E-state index is 15.0. The Morgan fingerprint density at radius 1 is 0.346 bits per heavy atom. The molecule has 0 aliphatic carbocycles. The molecule has 2 aromatic heterocycles. The maximum absolute atomic E-state index is 15.0. The van der Waals surface area contributed by atoms with E-state index in [9.17, 15) is 116 Å². The van der Waals surface area contributed by atoms with Crippen molar-refractivity contribution in [1.82, 2.24) is 0 Å². The third-order valence-corrected chi connectivity index (χ3v) is 13.2. The second kappa shape index (κ2) is 16.4. The molecule has 6 bridgehead atoms. The van der Waals surface area contributed by atoms with Gasteiger partial charge in [-0.25, -0.2) is 28.8 Å². The fourth-order valence-corrected chi connectivity index (χ4v) is 9.72. The standard InChI is InChI=1S/C48H28O30/c49-10-1-6-17(31(59)27(10)55)19-23-21-22-24(47(70)76-38(21)35(63)33(19)61)20(34(62)36(64)39(22)75-46(23)69)18-9(4-13(52)28(56)32(18)60)43(66)74-37-14(5-72-42(6)65)73-48(71)41-40(37)77-44(67)7-2-11(50)25(53)29(57)15(7)16-8(45(68)78-41)3-12(51)26(54)30(16)58/h1-4,14,37,40-41,48-64,71H,5H2/t14-,37-,40-,41+,48?/m1/s1. The Morgan fingerprint density at radius 2 is 0.654 bits per heavy atom. The molecular formula is C48H28O30. The van der Waals surface area contributed by atoms with Crippen LogP contribution >= 0.6 is 0 Å². The minimum Gasteiger partial charge on any atom is -0.504 e. The van der Waals surface area contributed by atoms with Gasteiger partial charge in [0.25, 0.3) is 0 Å². The van der Waals surface area contributed by atoms with Crippen molar-refractivity contribution >= 4 is 56.6 Å². The lowest BCUT2D eigenvalue weighted by Crippen LogP contribution is -2.62. The summed E-state index contributed by atoms with van der Waals surface area (Å²) in [4.78, 5) is 86.6. The van der Waals surface area contributed by atoms with Crippen molar-refractivity contribution in [3.63, 3.8) is 0 Å². The number of cyclic esters (lactones) is 1. The van der Waals surface area contributed by atoms with E-state index in [0.717, 1.165) is 0 Å². The molecule has 400 valence electrons. The topological polar surface area (TPSA) is 519 Å². The number of rotatable bonds is 0. The van der Waals surface area contributed by atoms with Gasteiger partial charge in [0.1, 0.15) is 12.7 Å². The first-order valence-electron chi connectivity index (χ1n) is 21.7. The Balaban J connectivity index is 1.22. The maximum Gasteiger partial charge on any atom is 0.345 e. The number of carbonyl (C=O) groups excluding carboxylic acids is 4. The number of hydrogen-bond acceptors (Lipinski definition) is 30. The summed E-state index contributed by atoms with van der Waals surface area (Å²) in [6.45, 7) is -1.46. The largest absolute Gasteiger partial charge is 0.504 e. The molecule has 6 aromatic carbocycles. The van der Waals surface area contributed by atoms with E-state index >= 15 is 0 Å². The lowest BCUT2D eigenvalue weighted by Gasteiger charge is -2.43. The minimum absolute atomic E-state index is 0.293. The first-order valence-corrected chi connectivity index (χ1v) is 21.7. The molecule has 0 spiro atoms. The SMILES string of the molecule is O=C1O[C@@H]2[C@@H]3OC(=O)c4cc(O)c(O)c(O)c4-c4c(O)c(O)c5oc(=O)c6c(c(O)c(O)c7oc(=O)c4c5c76)-c4c(cc(O)c(O)c4O)C(=O)OC[C@H]3OC(O)[C@H]2OC(=O)c2cc(O)c(O)c(O)c2-c2c1cc(O)c(O)c2O. The van der Waals surface area contributed by atoms with Gasteiger partial charge in [-0.1, -0.05) is 0 Å². The van der Waals surface area contributed by atoms with Crippen molar-refractivity contribution < 1.29 is 139 Å². The third-order valence-electron chi connectivity index (χ3n) is 13.2. The van der Waals surface area contributed by atoms with Gasteiger partial charge in [0, 0.05) is 44.2 Å². The molecule has 11 rings (SSSR count). The van der Waals surface area contributed by atoms with Crippen LogP contribution in [0.15, 0.2) is 42.7 Å². The summed E-state index contributed by atoms with van der Waals surface area (Å²) in [6.07, 6.45) is -12.9. The number of aromatic hydroxyl groups is 16. The molecule has 5 heterocycles. The molecule has 5 atom stereocenters. The van der Waals surface area contributed by atoms with Crippen molar-refractivity contribution in [2.24, 2.45) is 0 Å². The van der Waals surface area contributed by atoms with Crippen molar-refractivity contribution in [2.75, 3.05) is 6.61 Å². The lowest BCUT2D eigenvalue weighted by molar-refractivity contribution is -0.284. The van der Waals surface area contributed by atoms with Crippen LogP contribution in [0.5, 0.6) is 92.0 Å². The number of phenolic OH excluding ortho intramolecular Hbond substituents is 16. The van der Waals surface area contributed by atoms with E-state index in [0.29, 0.717) is 24.3 Å². The highest BCUT2D eigenvalue weighted by Gasteiger charge is 2.54. The molecule has 78 heavy (non-hydrogen) atoms. The van der Waals surface area contributed by atoms with Crippen LogP contribution in [-0.2, 0) is 23.7 Å². The number of hydrogen-bond donors (Lipinski definition) is 17. The van der Waals surface area contributed by atoms with E-state index in [-0.39, 0.29) is 0 Å². The smallest absolute Gasteiger partial charge is 0.345 e. The Hall–Kier alpha value is -11.1. The van der Waals surface area contributed by atoms with E-state index in [1.807, 2.05) is 0 Å². The number of carbonyl (C=O) groups is 4. The van der Waals surface area contributed by atoms with Crippen LogP contribution in [-0.4, -0.2) is 148 Å². The Kier molecular flexibility index (Phi) is 10.3. The van der Waals surface area contributed by atoms with Crippen molar-refractivity contribution in [3.8, 4) is 125 Å². The van der Waals surface area contributed by atoms with Crippen LogP contribution in [0.2, 0.25) is 0 Å². The zero-order valence-corrected chi connectivity index (χ0v) is 37.8. The highest BCUT2D eigenvalue weighted by molar-refractivity contribution is 6.29. The number of ether oxygens (including phenoxy) is 5. The zero-order valence-electron chi connectivity index (χ0n) is 37.8. The summed E-state index contributed by atoms with van der Waals surface area (Å²) in [5, 5.41) is 185. The molecule has 1 fully saturated rings. The van der Waals surface area contributed by atoms with Gasteiger partial charge in [-0.3, -0.25) is 0 Å². The predicted octanol–water partition coefficient (Wildman–Crippen LogP) is 1.96. The number of aliphatic hydroxyl groups is 1. The highest BCUT2D eigenvalue weighted by Crippen LogP contribution is 2.59. The van der Waals surface area contributed by atoms with Gasteiger partial charge in [0.05, 0.1) is 33.0 Å². The molecule has 1 saturated heterocycles. The number of fused-ring (bicyclic) bond motifs is 10. The second-order valence-electron chi connectivity index (χ2n) is 17.4. The predicted molar refractivity (Wildman–Crippen MR) is 245 cm³/mol. The molecule has 0 radical (unpaired) electrons. The zero-order chi connectivity index (χ0) is 56.3. The first-order chi connectivity index (χ1) is 36.8. The molecule has 3 aliphatic rings. The van der Waals surface area contributed by atoms with Crippen LogP contribution in [0.3, 0.4) is 0 Å². The minimum atomic E-state index is -2.70. The summed E-state index contributed by atoms with van der Waals surface area (Å²) in [6, 6.07) is 1.42. The molecule has 1 unspecified atom stereocenters. The summed E-state index contributed by atoms with van der Waals surface area (Å²) in [7, 11) is 0. The average Bonchev–Trinajstić information content (AvgIpc) is 3.11. The average molecular weight is 1080 g/mol. The lowest BCUT2D eigenvalue weighted by atomic mass is 9.88. The van der Waals surface area contributed by atoms with Crippen LogP contribution in [0.25, 0.3) is 66.1 Å². The van der Waals surface area contributed by atoms with E-state index in [2.05, 4.69) is 0 Å². The van der Waals surface area contributed by atoms with Gasteiger partial charge in [-0.05, 0) is 24.3 Å². The van der Waals surface area contributed by atoms with E-state index in [1.165, 1.54) is 0 Å². The fourth-order valence-electron chi connectivity index (χ4n) is 9.72. The molecule has 30 nitrogen and oxygen atoms in total. The van der Waals surface area contributed by atoms with Gasteiger partial charge in [0.2, 0.25) is 34.5 Å². The van der Waals surface area contributed by atoms with Gasteiger partial charge in [-0.2, -0.15) is 0 Å². The molecule has 0 amide bonds. The first kappa shape index (κ1) is 49.1. The van der Waals surface area contributed by atoms with Gasteiger partial charge in [-0.15, -0.1) is 0 Å². The molecule has 8 aromatic rings. The summed E-state index contributed by atoms with van der Waals surface area (Å²) in [5.41, 5.74) is -17.8. The van der Waals surface area contributed by atoms with Gasteiger partial charge < -0.3 is 119 Å². The fraction of sp³-hybridized carbons (Fsp3) is 0.125. The highest BCUT2D eigenvalue weighted by atomic mass is 16.7. The Bertz CT molecular complexity index is 4240. The van der Waals surface area contributed by atoms with Crippen LogP contribution in [0.1, 0.15) is 41.4 Å². The third kappa shape index (κ3) is 6.49. The normalized spacial score (nSPS) is 19.3. The van der Waals surface area contributed by atoms with Gasteiger partial charge in [0.15, 0.2) is 93.3 Å². The molecule has 3 aliphatic heterocycles. The number of benzene rings is 6. The van der Waals surface area contributed by atoms with E-state index < -0.39 is 253 Å². The summed E-state index contributed by atoms with van der Waals surface area (Å²) < 4.78 is 38.5. The molecule has 30 heteroatoms. The quantitative estimate of drug-likeness (QED) is 0.0339. The number of phenols is 16. The monoisotopic (exact) mass is 1080 g/mol. The second-order valence-corrected chi connectivity index (χ2v) is 17.4. The molecular weight excluding hydrogens is 1060 g/mol. The molecule has 17 N–H and O–H groups in total. The van der Waals surface area contributed by atoms with Crippen LogP contribution in [0, 0.1) is 0 Å².